The number of aromatic hydroxyl groups is 1. The average Bonchev–Trinajstić information content (AvgIpc) is 2.57. The van der Waals surface area contributed by atoms with Crippen LogP contribution in [0.15, 0.2) is 42.5 Å². The molecule has 3 nitrogen and oxygen atoms in total. The summed E-state index contributed by atoms with van der Waals surface area (Å²) in [4.78, 5) is 5.06. The summed E-state index contributed by atoms with van der Waals surface area (Å²) in [5, 5.41) is 9.79. The van der Waals surface area contributed by atoms with Gasteiger partial charge in [-0.3, -0.25) is 0 Å². The van der Waals surface area contributed by atoms with Crippen molar-refractivity contribution < 1.29 is 9.50 Å². The number of thiocarbonyl (C=S) groups is 1. The van der Waals surface area contributed by atoms with Crippen LogP contribution in [0.3, 0.4) is 0 Å². The molecule has 1 saturated heterocycles. The predicted octanol–water partition coefficient (Wildman–Crippen LogP) is 3.68. The van der Waals surface area contributed by atoms with Crippen molar-refractivity contribution in [2.75, 3.05) is 31.1 Å². The van der Waals surface area contributed by atoms with Crippen LogP contribution in [0.2, 0.25) is 5.02 Å². The first-order valence-corrected chi connectivity index (χ1v) is 8.11. The van der Waals surface area contributed by atoms with Crippen molar-refractivity contribution in [3.05, 3.63) is 58.9 Å². The zero-order valence-corrected chi connectivity index (χ0v) is 13.9. The summed E-state index contributed by atoms with van der Waals surface area (Å²) in [6.07, 6.45) is 0. The van der Waals surface area contributed by atoms with Crippen LogP contribution < -0.4 is 4.90 Å². The second kappa shape index (κ2) is 6.72. The number of hydrogen-bond acceptors (Lipinski definition) is 3. The van der Waals surface area contributed by atoms with Gasteiger partial charge in [-0.05, 0) is 42.5 Å². The normalized spacial score (nSPS) is 14.9. The molecule has 0 bridgehead atoms. The molecule has 3 rings (SSSR count). The van der Waals surface area contributed by atoms with Gasteiger partial charge in [0.25, 0.3) is 0 Å². The standard InChI is InChI=1S/C17H16ClFN2OS/c18-15-11-12(1-6-16(15)22)17(23)21-9-7-20(8-10-21)14-4-2-13(19)3-5-14/h1-6,11,22H,7-10H2. The van der Waals surface area contributed by atoms with Crippen molar-refractivity contribution >= 4 is 34.5 Å². The fraction of sp³-hybridized carbons (Fsp3) is 0.235. The Kier molecular flexibility index (Phi) is 4.68. The lowest BCUT2D eigenvalue weighted by Gasteiger charge is -2.37. The van der Waals surface area contributed by atoms with E-state index >= 15 is 0 Å². The highest BCUT2D eigenvalue weighted by atomic mass is 35.5. The SMILES string of the molecule is Oc1ccc(C(=S)N2CCN(c3ccc(F)cc3)CC2)cc1Cl. The van der Waals surface area contributed by atoms with Gasteiger partial charge in [-0.15, -0.1) is 0 Å². The van der Waals surface area contributed by atoms with E-state index in [1.807, 2.05) is 0 Å². The topological polar surface area (TPSA) is 26.7 Å². The average molecular weight is 351 g/mol. The molecule has 6 heteroatoms. The van der Waals surface area contributed by atoms with Crippen LogP contribution in [0.5, 0.6) is 5.75 Å². The van der Waals surface area contributed by atoms with E-state index in [0.717, 1.165) is 42.4 Å². The Bertz CT molecular complexity index is 715. The van der Waals surface area contributed by atoms with E-state index in [1.54, 1.807) is 30.3 Å². The molecule has 1 aliphatic heterocycles. The molecule has 0 radical (unpaired) electrons. The number of piperazine rings is 1. The summed E-state index contributed by atoms with van der Waals surface area (Å²) < 4.78 is 13.0. The summed E-state index contributed by atoms with van der Waals surface area (Å²) in [5.74, 6) is -0.169. The van der Waals surface area contributed by atoms with Crippen LogP contribution in [0.25, 0.3) is 0 Å². The molecule has 0 atom stereocenters. The van der Waals surface area contributed by atoms with Gasteiger partial charge in [0.05, 0.1) is 5.02 Å². The first-order chi connectivity index (χ1) is 11.0. The number of benzene rings is 2. The van der Waals surface area contributed by atoms with E-state index in [1.165, 1.54) is 12.1 Å². The van der Waals surface area contributed by atoms with Gasteiger partial charge in [0.2, 0.25) is 0 Å². The number of anilines is 1. The number of phenols is 1. The zero-order valence-electron chi connectivity index (χ0n) is 12.4. The highest BCUT2D eigenvalue weighted by Crippen LogP contribution is 2.25. The van der Waals surface area contributed by atoms with Crippen molar-refractivity contribution in [3.8, 4) is 5.75 Å². The fourth-order valence-corrected chi connectivity index (χ4v) is 3.13. The minimum absolute atomic E-state index is 0.0549. The van der Waals surface area contributed by atoms with E-state index < -0.39 is 0 Å². The maximum absolute atomic E-state index is 13.0. The summed E-state index contributed by atoms with van der Waals surface area (Å²) in [6.45, 7) is 3.21. The largest absolute Gasteiger partial charge is 0.506 e. The van der Waals surface area contributed by atoms with Gasteiger partial charge in [-0.2, -0.15) is 0 Å². The van der Waals surface area contributed by atoms with Crippen LogP contribution in [0.4, 0.5) is 10.1 Å². The predicted molar refractivity (Wildman–Crippen MR) is 95.0 cm³/mol. The molecule has 23 heavy (non-hydrogen) atoms. The first-order valence-electron chi connectivity index (χ1n) is 7.33. The van der Waals surface area contributed by atoms with Crippen LogP contribution in [0, 0.1) is 5.82 Å². The third kappa shape index (κ3) is 3.57. The Labute approximate surface area is 144 Å². The third-order valence-corrected chi connectivity index (χ3v) is 4.75. The molecule has 2 aromatic carbocycles. The van der Waals surface area contributed by atoms with Gasteiger partial charge < -0.3 is 14.9 Å². The monoisotopic (exact) mass is 350 g/mol. The lowest BCUT2D eigenvalue weighted by Crippen LogP contribution is -2.48. The second-order valence-electron chi connectivity index (χ2n) is 5.42. The van der Waals surface area contributed by atoms with Gasteiger partial charge in [0.15, 0.2) is 0 Å². The molecule has 0 unspecified atom stereocenters. The molecular weight excluding hydrogens is 335 g/mol. The van der Waals surface area contributed by atoms with Crippen LogP contribution in [-0.2, 0) is 0 Å². The highest BCUT2D eigenvalue weighted by molar-refractivity contribution is 7.80. The van der Waals surface area contributed by atoms with Gasteiger partial charge >= 0.3 is 0 Å². The third-order valence-electron chi connectivity index (χ3n) is 3.95. The second-order valence-corrected chi connectivity index (χ2v) is 6.22. The van der Waals surface area contributed by atoms with Crippen molar-refractivity contribution in [1.29, 1.82) is 0 Å². The fourth-order valence-electron chi connectivity index (χ4n) is 2.64. The molecule has 1 N–H and O–H groups in total. The lowest BCUT2D eigenvalue weighted by atomic mass is 10.1. The zero-order chi connectivity index (χ0) is 16.4. The molecule has 120 valence electrons. The number of nitrogens with zero attached hydrogens (tertiary/aromatic N) is 2. The van der Waals surface area contributed by atoms with E-state index in [-0.39, 0.29) is 11.6 Å². The summed E-state index contributed by atoms with van der Waals surface area (Å²) >= 11 is 11.5. The van der Waals surface area contributed by atoms with Gasteiger partial charge in [-0.25, -0.2) is 4.39 Å². The van der Waals surface area contributed by atoms with E-state index in [4.69, 9.17) is 23.8 Å². The Hall–Kier alpha value is -1.85. The Morgan fingerprint density at radius 2 is 1.70 bits per heavy atom. The first kappa shape index (κ1) is 16.0. The molecule has 2 aromatic rings. The van der Waals surface area contributed by atoms with E-state index in [2.05, 4.69) is 9.80 Å². The quantitative estimate of drug-likeness (QED) is 0.836. The molecule has 1 fully saturated rings. The molecule has 1 heterocycles. The van der Waals surface area contributed by atoms with Crippen molar-refractivity contribution in [2.45, 2.75) is 0 Å². The molecular formula is C17H16ClFN2OS. The van der Waals surface area contributed by atoms with Crippen LogP contribution in [-0.4, -0.2) is 41.2 Å². The number of halogens is 2. The van der Waals surface area contributed by atoms with Crippen LogP contribution in [0.1, 0.15) is 5.56 Å². The Morgan fingerprint density at radius 3 is 2.30 bits per heavy atom. The molecule has 0 saturated carbocycles. The van der Waals surface area contributed by atoms with E-state index in [9.17, 15) is 9.50 Å². The molecule has 1 aliphatic rings. The van der Waals surface area contributed by atoms with Crippen molar-refractivity contribution in [3.63, 3.8) is 0 Å². The van der Waals surface area contributed by atoms with Crippen molar-refractivity contribution in [2.24, 2.45) is 0 Å². The lowest BCUT2D eigenvalue weighted by molar-refractivity contribution is 0.392. The minimum atomic E-state index is -0.224. The Balaban J connectivity index is 1.65. The van der Waals surface area contributed by atoms with E-state index in [0.29, 0.717) is 5.02 Å². The minimum Gasteiger partial charge on any atom is -0.506 e. The smallest absolute Gasteiger partial charge is 0.134 e. The maximum Gasteiger partial charge on any atom is 0.134 e. The maximum atomic E-state index is 13.0. The Morgan fingerprint density at radius 1 is 1.04 bits per heavy atom. The molecule has 0 aliphatic carbocycles. The van der Waals surface area contributed by atoms with Gasteiger partial charge in [0.1, 0.15) is 16.6 Å². The van der Waals surface area contributed by atoms with Gasteiger partial charge in [0, 0.05) is 37.4 Å². The molecule has 0 spiro atoms. The molecule has 0 aromatic heterocycles. The number of phenolic OH excluding ortho intramolecular Hbond substituents is 1. The summed E-state index contributed by atoms with van der Waals surface area (Å²) in [5.41, 5.74) is 1.85. The van der Waals surface area contributed by atoms with Gasteiger partial charge in [-0.1, -0.05) is 23.8 Å². The molecule has 0 amide bonds. The summed E-state index contributed by atoms with van der Waals surface area (Å²) in [7, 11) is 0. The number of hydrogen-bond donors (Lipinski definition) is 1. The van der Waals surface area contributed by atoms with Crippen molar-refractivity contribution in [1.82, 2.24) is 4.90 Å². The van der Waals surface area contributed by atoms with Crippen LogP contribution >= 0.6 is 23.8 Å². The highest BCUT2D eigenvalue weighted by Gasteiger charge is 2.20. The summed E-state index contributed by atoms with van der Waals surface area (Å²) in [6, 6.07) is 11.6. The number of rotatable bonds is 2.